The predicted molar refractivity (Wildman–Crippen MR) is 85.1 cm³/mol. The maximum absolute atomic E-state index is 12.0. The average molecular weight is 298 g/mol. The van der Waals surface area contributed by atoms with Crippen LogP contribution in [0.2, 0.25) is 0 Å². The molecule has 3 aromatic rings. The first-order valence-corrected chi connectivity index (χ1v) is 7.33. The molecular weight excluding hydrogens is 280 g/mol. The van der Waals surface area contributed by atoms with Gasteiger partial charge in [0.2, 0.25) is 0 Å². The molecule has 0 atom stereocenters. The summed E-state index contributed by atoms with van der Waals surface area (Å²) in [7, 11) is 0. The summed E-state index contributed by atoms with van der Waals surface area (Å²) in [5.41, 5.74) is 1.54. The first-order valence-electron chi connectivity index (χ1n) is 7.33. The molecule has 1 fully saturated rings. The van der Waals surface area contributed by atoms with Gasteiger partial charge in [0.1, 0.15) is 0 Å². The number of hydrogen-bond donors (Lipinski definition) is 2. The lowest BCUT2D eigenvalue weighted by Crippen LogP contribution is -2.39. The summed E-state index contributed by atoms with van der Waals surface area (Å²) in [6.45, 7) is 4.56. The van der Waals surface area contributed by atoms with Gasteiger partial charge in [-0.25, -0.2) is 0 Å². The summed E-state index contributed by atoms with van der Waals surface area (Å²) in [5, 5.41) is 30.5. The van der Waals surface area contributed by atoms with E-state index in [2.05, 4.69) is 10.6 Å². The molecule has 0 spiro atoms. The van der Waals surface area contributed by atoms with E-state index in [4.69, 9.17) is 0 Å². The molecule has 114 valence electrons. The van der Waals surface area contributed by atoms with Crippen LogP contribution in [-0.4, -0.2) is 26.2 Å². The Kier molecular flexibility index (Phi) is 4.32. The molecule has 0 bridgehead atoms. The van der Waals surface area contributed by atoms with E-state index in [1.165, 1.54) is 0 Å². The Morgan fingerprint density at radius 1 is 0.591 bits per heavy atom. The van der Waals surface area contributed by atoms with Gasteiger partial charge in [-0.15, -0.1) is 0 Å². The van der Waals surface area contributed by atoms with Gasteiger partial charge in [0.15, 0.2) is 0 Å². The van der Waals surface area contributed by atoms with Gasteiger partial charge in [-0.05, 0) is 0 Å². The van der Waals surface area contributed by atoms with Crippen molar-refractivity contribution >= 4 is 22.1 Å². The van der Waals surface area contributed by atoms with E-state index in [-0.39, 0.29) is 0 Å². The minimum Gasteiger partial charge on any atom is -0.617 e. The van der Waals surface area contributed by atoms with Crippen LogP contribution in [0.25, 0.3) is 22.1 Å². The smallest absolute Gasteiger partial charge is 0.290 e. The third-order valence-electron chi connectivity index (χ3n) is 3.60. The lowest BCUT2D eigenvalue weighted by Gasteiger charge is -2.11. The molecule has 4 rings (SSSR count). The van der Waals surface area contributed by atoms with Crippen LogP contribution in [-0.2, 0) is 0 Å². The second kappa shape index (κ2) is 6.55. The van der Waals surface area contributed by atoms with Gasteiger partial charge in [-0.1, -0.05) is 24.3 Å². The van der Waals surface area contributed by atoms with Crippen molar-refractivity contribution in [2.45, 2.75) is 0 Å². The fourth-order valence-electron chi connectivity index (χ4n) is 2.48. The molecule has 0 radical (unpaired) electrons. The number of fused-ring (bicyclic) bond motifs is 2. The third kappa shape index (κ3) is 2.79. The van der Waals surface area contributed by atoms with Crippen molar-refractivity contribution in [2.24, 2.45) is 0 Å². The maximum Gasteiger partial charge on any atom is 0.290 e. The Balaban J connectivity index is 0.000000202. The predicted octanol–water partition coefficient (Wildman–Crippen LogP) is 0.439. The lowest BCUT2D eigenvalue weighted by atomic mass is 10.2. The second-order valence-corrected chi connectivity index (χ2v) is 5.07. The zero-order chi connectivity index (χ0) is 15.4. The minimum atomic E-state index is 0.385. The van der Waals surface area contributed by atoms with Gasteiger partial charge in [0, 0.05) is 50.4 Å². The molecule has 0 unspecified atom stereocenters. The Morgan fingerprint density at radius 3 is 1.09 bits per heavy atom. The average Bonchev–Trinajstić information content (AvgIpc) is 2.62. The van der Waals surface area contributed by atoms with Crippen molar-refractivity contribution in [2.75, 3.05) is 26.2 Å². The molecule has 1 aromatic heterocycles. The summed E-state index contributed by atoms with van der Waals surface area (Å²) in [4.78, 5) is 0. The third-order valence-corrected chi connectivity index (χ3v) is 3.60. The molecule has 0 amide bonds. The van der Waals surface area contributed by atoms with Crippen molar-refractivity contribution in [1.82, 2.24) is 10.6 Å². The van der Waals surface area contributed by atoms with Crippen LogP contribution >= 0.6 is 0 Å². The molecule has 2 heterocycles. The number of aromatic nitrogens is 2. The molecule has 2 aromatic carbocycles. The fraction of sp³-hybridized carbons (Fsp3) is 0.250. The van der Waals surface area contributed by atoms with Crippen molar-refractivity contribution in [3.8, 4) is 0 Å². The van der Waals surface area contributed by atoms with Crippen LogP contribution in [0.3, 0.4) is 0 Å². The van der Waals surface area contributed by atoms with E-state index >= 15 is 0 Å². The highest BCUT2D eigenvalue weighted by molar-refractivity contribution is 5.76. The number of para-hydroxylation sites is 4. The summed E-state index contributed by atoms with van der Waals surface area (Å²) < 4.78 is 1.58. The molecule has 1 aliphatic heterocycles. The van der Waals surface area contributed by atoms with Crippen LogP contribution < -0.4 is 20.1 Å². The molecule has 22 heavy (non-hydrogen) atoms. The molecule has 0 aliphatic carbocycles. The van der Waals surface area contributed by atoms with E-state index in [0.717, 1.165) is 35.6 Å². The number of benzene rings is 2. The largest absolute Gasteiger partial charge is 0.617 e. The fourth-order valence-corrected chi connectivity index (χ4v) is 2.48. The zero-order valence-corrected chi connectivity index (χ0v) is 12.2. The number of nitrogens with one attached hydrogen (secondary N) is 2. The van der Waals surface area contributed by atoms with E-state index in [9.17, 15) is 10.4 Å². The van der Waals surface area contributed by atoms with Crippen LogP contribution in [0.15, 0.2) is 48.5 Å². The maximum atomic E-state index is 12.0. The SMILES string of the molecule is C1CNCCN1.[O-][n+]1c2ccccc2[n+]([O-])c2ccccc21. The standard InChI is InChI=1S/C12H8N2O2.C4H10N2/c15-13-9-5-1-2-6-10(9)14(16)12-8-4-3-7-11(12)13;1-2-6-4-3-5-1/h1-8H;5-6H,1-4H2. The van der Waals surface area contributed by atoms with E-state index < -0.39 is 0 Å². The van der Waals surface area contributed by atoms with Crippen LogP contribution in [0.5, 0.6) is 0 Å². The van der Waals surface area contributed by atoms with E-state index in [1.54, 1.807) is 48.5 Å². The number of piperazine rings is 1. The lowest BCUT2D eigenvalue weighted by molar-refractivity contribution is -0.591. The Bertz CT molecular complexity index is 659. The van der Waals surface area contributed by atoms with E-state index in [1.807, 2.05) is 0 Å². The van der Waals surface area contributed by atoms with Gasteiger partial charge in [-0.3, -0.25) is 0 Å². The Labute approximate surface area is 128 Å². The molecule has 0 saturated carbocycles. The van der Waals surface area contributed by atoms with Gasteiger partial charge < -0.3 is 21.0 Å². The monoisotopic (exact) mass is 298 g/mol. The van der Waals surface area contributed by atoms with Gasteiger partial charge in [0.05, 0.1) is 0 Å². The normalized spacial score (nSPS) is 14.5. The van der Waals surface area contributed by atoms with Crippen molar-refractivity contribution in [3.63, 3.8) is 0 Å². The Hall–Kier alpha value is -2.44. The molecule has 2 N–H and O–H groups in total. The first-order chi connectivity index (χ1) is 10.8. The van der Waals surface area contributed by atoms with Gasteiger partial charge in [-0.2, -0.15) is 9.46 Å². The number of nitrogens with zero attached hydrogens (tertiary/aromatic N) is 2. The summed E-state index contributed by atoms with van der Waals surface area (Å²) >= 11 is 0. The van der Waals surface area contributed by atoms with E-state index in [0.29, 0.717) is 22.1 Å². The Morgan fingerprint density at radius 2 is 0.864 bits per heavy atom. The highest BCUT2D eigenvalue weighted by Gasteiger charge is 2.19. The van der Waals surface area contributed by atoms with Crippen molar-refractivity contribution < 1.29 is 9.46 Å². The van der Waals surface area contributed by atoms with Gasteiger partial charge in [0.25, 0.3) is 22.1 Å². The molecule has 1 saturated heterocycles. The molecule has 1 aliphatic rings. The number of rotatable bonds is 0. The van der Waals surface area contributed by atoms with Crippen molar-refractivity contribution in [3.05, 3.63) is 58.9 Å². The topological polar surface area (TPSA) is 77.9 Å². The van der Waals surface area contributed by atoms with Crippen LogP contribution in [0, 0.1) is 10.4 Å². The first kappa shape index (κ1) is 14.5. The van der Waals surface area contributed by atoms with Crippen molar-refractivity contribution in [1.29, 1.82) is 0 Å². The van der Waals surface area contributed by atoms with Gasteiger partial charge >= 0.3 is 0 Å². The molecule has 6 nitrogen and oxygen atoms in total. The second-order valence-electron chi connectivity index (χ2n) is 5.07. The quantitative estimate of drug-likeness (QED) is 0.359. The molecular formula is C16H18N4O2. The minimum absolute atomic E-state index is 0.385. The summed E-state index contributed by atoms with van der Waals surface area (Å²) in [6, 6.07) is 13.5. The highest BCUT2D eigenvalue weighted by Crippen LogP contribution is 2.11. The van der Waals surface area contributed by atoms with Crippen LogP contribution in [0.1, 0.15) is 0 Å². The van der Waals surface area contributed by atoms with Crippen LogP contribution in [0.4, 0.5) is 0 Å². The molecule has 6 heteroatoms. The highest BCUT2D eigenvalue weighted by atomic mass is 16.5. The summed E-state index contributed by atoms with van der Waals surface area (Å²) in [6.07, 6.45) is 0. The summed E-state index contributed by atoms with van der Waals surface area (Å²) in [5.74, 6) is 0. The number of hydrogen-bond acceptors (Lipinski definition) is 4. The zero-order valence-electron chi connectivity index (χ0n) is 12.2.